The second-order valence-corrected chi connectivity index (χ2v) is 3.97. The van der Waals surface area contributed by atoms with Gasteiger partial charge in [0.25, 0.3) is 0 Å². The maximum absolute atomic E-state index is 13.2. The Morgan fingerprint density at radius 3 is 3.00 bits per heavy atom. The molecule has 1 unspecified atom stereocenters. The maximum atomic E-state index is 13.2. The summed E-state index contributed by atoms with van der Waals surface area (Å²) in [7, 11) is 0. The Bertz CT molecular complexity index is 565. The smallest absolute Gasteiger partial charge is 0.310 e. The average molecular weight is 235 g/mol. The van der Waals surface area contributed by atoms with Crippen LogP contribution in [-0.2, 0) is 9.53 Å². The highest BCUT2D eigenvalue weighted by molar-refractivity contribution is 5.81. The first-order valence-corrected chi connectivity index (χ1v) is 5.64. The predicted molar refractivity (Wildman–Crippen MR) is 61.3 cm³/mol. The zero-order valence-electron chi connectivity index (χ0n) is 9.87. The van der Waals surface area contributed by atoms with Crippen molar-refractivity contribution in [2.24, 2.45) is 4.99 Å². The first kappa shape index (κ1) is 11.8. The summed E-state index contributed by atoms with van der Waals surface area (Å²) in [4.78, 5) is 15.8. The van der Waals surface area contributed by atoms with Crippen molar-refractivity contribution in [1.29, 1.82) is 0 Å². The van der Waals surface area contributed by atoms with E-state index in [1.54, 1.807) is 13.0 Å². The number of ether oxygens (including phenoxy) is 1. The van der Waals surface area contributed by atoms with Crippen LogP contribution in [0.2, 0.25) is 0 Å². The van der Waals surface area contributed by atoms with E-state index >= 15 is 0 Å². The summed E-state index contributed by atoms with van der Waals surface area (Å²) in [5, 5.41) is 1.48. The van der Waals surface area contributed by atoms with Crippen LogP contribution in [0.3, 0.4) is 0 Å². The van der Waals surface area contributed by atoms with Gasteiger partial charge in [-0.05, 0) is 37.6 Å². The van der Waals surface area contributed by atoms with Crippen molar-refractivity contribution < 1.29 is 13.9 Å². The molecule has 0 radical (unpaired) electrons. The molecule has 1 aromatic carbocycles. The van der Waals surface area contributed by atoms with Gasteiger partial charge in [-0.1, -0.05) is 0 Å². The molecule has 1 aliphatic rings. The normalized spacial score (nSPS) is 17.6. The molecule has 4 heteroatoms. The second-order valence-electron chi connectivity index (χ2n) is 3.97. The maximum Gasteiger partial charge on any atom is 0.310 e. The van der Waals surface area contributed by atoms with Crippen molar-refractivity contribution in [3.8, 4) is 0 Å². The van der Waals surface area contributed by atoms with Crippen LogP contribution in [0.4, 0.5) is 4.39 Å². The summed E-state index contributed by atoms with van der Waals surface area (Å²) >= 11 is 0. The number of hydrogen-bond donors (Lipinski definition) is 0. The van der Waals surface area contributed by atoms with Gasteiger partial charge in [0.2, 0.25) is 0 Å². The van der Waals surface area contributed by atoms with Crippen molar-refractivity contribution >= 4 is 11.5 Å². The number of halogens is 1. The molecule has 0 saturated heterocycles. The number of hydrogen-bond acceptors (Lipinski definition) is 3. The van der Waals surface area contributed by atoms with Gasteiger partial charge in [0, 0.05) is 5.22 Å². The van der Waals surface area contributed by atoms with Gasteiger partial charge in [-0.15, -0.1) is 0 Å². The number of nitrogens with zero attached hydrogens (tertiary/aromatic N) is 1. The topological polar surface area (TPSA) is 38.7 Å². The second kappa shape index (κ2) is 4.65. The lowest BCUT2D eigenvalue weighted by molar-refractivity contribution is -0.141. The van der Waals surface area contributed by atoms with Gasteiger partial charge in [-0.25, -0.2) is 4.39 Å². The molecule has 0 fully saturated rings. The number of fused-ring (bicyclic) bond motifs is 1. The van der Waals surface area contributed by atoms with Crippen molar-refractivity contribution in [2.75, 3.05) is 6.61 Å². The highest BCUT2D eigenvalue weighted by Crippen LogP contribution is 2.13. The van der Waals surface area contributed by atoms with E-state index in [-0.39, 0.29) is 24.2 Å². The average Bonchev–Trinajstić information content (AvgIpc) is 2.56. The van der Waals surface area contributed by atoms with Crippen LogP contribution in [0.5, 0.6) is 0 Å². The third-order valence-corrected chi connectivity index (χ3v) is 2.78. The zero-order chi connectivity index (χ0) is 12.4. The van der Waals surface area contributed by atoms with Gasteiger partial charge in [0.15, 0.2) is 0 Å². The van der Waals surface area contributed by atoms with Crippen molar-refractivity contribution in [1.82, 2.24) is 0 Å². The molecule has 0 aliphatic carbocycles. The van der Waals surface area contributed by atoms with Gasteiger partial charge in [0.1, 0.15) is 5.82 Å². The van der Waals surface area contributed by atoms with Crippen LogP contribution in [0.25, 0.3) is 5.57 Å². The molecule has 1 atom stereocenters. The molecule has 1 aliphatic heterocycles. The van der Waals surface area contributed by atoms with Gasteiger partial charge in [0.05, 0.1) is 24.4 Å². The summed E-state index contributed by atoms with van der Waals surface area (Å²) < 4.78 is 18.1. The van der Waals surface area contributed by atoms with E-state index in [0.717, 1.165) is 16.1 Å². The molecule has 0 aromatic heterocycles. The Morgan fingerprint density at radius 1 is 1.53 bits per heavy atom. The van der Waals surface area contributed by atoms with E-state index in [4.69, 9.17) is 4.74 Å². The number of rotatable bonds is 3. The molecule has 2 rings (SSSR count). The number of carbonyl (C=O) groups excluding carboxylic acids is 1. The number of carbonyl (C=O) groups is 1. The molecule has 0 spiro atoms. The molecular weight excluding hydrogens is 221 g/mol. The Morgan fingerprint density at radius 2 is 2.29 bits per heavy atom. The quantitative estimate of drug-likeness (QED) is 0.732. The fraction of sp³-hybridized carbons (Fsp3) is 0.385. The van der Waals surface area contributed by atoms with Crippen molar-refractivity contribution in [2.45, 2.75) is 26.3 Å². The first-order valence-electron chi connectivity index (χ1n) is 5.64. The Labute approximate surface area is 98.6 Å². The van der Waals surface area contributed by atoms with Crippen molar-refractivity contribution in [3.63, 3.8) is 0 Å². The summed E-state index contributed by atoms with van der Waals surface area (Å²) in [6.45, 7) is 4.01. The molecule has 0 bridgehead atoms. The molecule has 0 amide bonds. The lowest BCUT2D eigenvalue weighted by Gasteiger charge is -2.07. The Hall–Kier alpha value is -1.71. The van der Waals surface area contributed by atoms with Crippen LogP contribution < -0.4 is 10.6 Å². The molecule has 0 saturated carbocycles. The van der Waals surface area contributed by atoms with Crippen LogP contribution in [0.15, 0.2) is 23.2 Å². The third-order valence-electron chi connectivity index (χ3n) is 2.78. The molecule has 17 heavy (non-hydrogen) atoms. The number of esters is 1. The first-order chi connectivity index (χ1) is 8.11. The summed E-state index contributed by atoms with van der Waals surface area (Å²) in [5.41, 5.74) is 0.831. The van der Waals surface area contributed by atoms with Crippen LogP contribution in [-0.4, -0.2) is 18.6 Å². The molecule has 1 heterocycles. The minimum absolute atomic E-state index is 0.0868. The van der Waals surface area contributed by atoms with Gasteiger partial charge in [-0.2, -0.15) is 0 Å². The van der Waals surface area contributed by atoms with E-state index in [1.807, 2.05) is 6.92 Å². The predicted octanol–water partition coefficient (Wildman–Crippen LogP) is 0.951. The van der Waals surface area contributed by atoms with Crippen molar-refractivity contribution in [3.05, 3.63) is 34.6 Å². The van der Waals surface area contributed by atoms with Gasteiger partial charge < -0.3 is 4.74 Å². The third kappa shape index (κ3) is 2.35. The van der Waals surface area contributed by atoms with Gasteiger partial charge >= 0.3 is 5.97 Å². The van der Waals surface area contributed by atoms with E-state index in [2.05, 4.69) is 4.99 Å². The molecule has 90 valence electrons. The molecule has 1 aromatic rings. The fourth-order valence-corrected chi connectivity index (χ4v) is 2.00. The van der Waals surface area contributed by atoms with Crippen LogP contribution in [0.1, 0.15) is 20.3 Å². The van der Waals surface area contributed by atoms with Gasteiger partial charge in [-0.3, -0.25) is 9.79 Å². The SMILES string of the molecule is CCOC(=O)CC1=c2cc(F)ccc2=NC1C. The minimum Gasteiger partial charge on any atom is -0.466 e. The zero-order valence-corrected chi connectivity index (χ0v) is 9.87. The van der Waals surface area contributed by atoms with E-state index in [9.17, 15) is 9.18 Å². The Balaban J connectivity index is 2.41. The fourth-order valence-electron chi connectivity index (χ4n) is 2.00. The highest BCUT2D eigenvalue weighted by atomic mass is 19.1. The molecule has 0 N–H and O–H groups in total. The summed E-state index contributed by atoms with van der Waals surface area (Å²) in [6.07, 6.45) is 0.176. The largest absolute Gasteiger partial charge is 0.466 e. The van der Waals surface area contributed by atoms with Crippen LogP contribution in [0, 0.1) is 5.82 Å². The highest BCUT2D eigenvalue weighted by Gasteiger charge is 2.18. The summed E-state index contributed by atoms with van der Waals surface area (Å²) in [6, 6.07) is 4.36. The Kier molecular flexibility index (Phi) is 3.22. The monoisotopic (exact) mass is 235 g/mol. The van der Waals surface area contributed by atoms with E-state index in [1.165, 1.54) is 12.1 Å². The van der Waals surface area contributed by atoms with E-state index in [0.29, 0.717) is 6.61 Å². The lowest BCUT2D eigenvalue weighted by atomic mass is 10.0. The van der Waals surface area contributed by atoms with E-state index < -0.39 is 0 Å². The lowest BCUT2D eigenvalue weighted by Crippen LogP contribution is -2.24. The van der Waals surface area contributed by atoms with Crippen LogP contribution >= 0.6 is 0 Å². The number of benzene rings is 1. The molecular formula is C13H14FNO2. The standard InChI is InChI=1S/C13H14FNO2/c1-3-17-13(16)7-10-8(2)15-12-5-4-9(14)6-11(10)12/h4-6,8H,3,7H2,1-2H3. The summed E-state index contributed by atoms with van der Waals surface area (Å²) in [5.74, 6) is -0.601. The molecule has 3 nitrogen and oxygen atoms in total. The minimum atomic E-state index is -0.311.